The minimum Gasteiger partial charge on any atom is -0.469 e. The Balaban J connectivity index is 2.13. The van der Waals surface area contributed by atoms with Gasteiger partial charge in [-0.2, -0.15) is 0 Å². The molecular formula is C12H10O4S. The van der Waals surface area contributed by atoms with Gasteiger partial charge in [-0.25, -0.2) is 0 Å². The second kappa shape index (κ2) is 4.97. The van der Waals surface area contributed by atoms with Crippen molar-refractivity contribution in [3.8, 4) is 0 Å². The van der Waals surface area contributed by atoms with Gasteiger partial charge in [-0.15, -0.1) is 11.3 Å². The lowest BCUT2D eigenvalue weighted by Crippen LogP contribution is -2.02. The summed E-state index contributed by atoms with van der Waals surface area (Å²) in [5.41, 5.74) is 0. The molecule has 2 aromatic rings. The van der Waals surface area contributed by atoms with Crippen LogP contribution >= 0.6 is 11.3 Å². The zero-order chi connectivity index (χ0) is 12.3. The molecule has 0 amide bonds. The van der Waals surface area contributed by atoms with Crippen LogP contribution in [-0.2, 0) is 16.0 Å². The van der Waals surface area contributed by atoms with E-state index in [4.69, 9.17) is 4.42 Å². The Morgan fingerprint density at radius 2 is 2.18 bits per heavy atom. The lowest BCUT2D eigenvalue weighted by molar-refractivity contribution is -0.139. The molecule has 0 saturated heterocycles. The minimum atomic E-state index is -0.316. The first-order chi connectivity index (χ1) is 8.20. The summed E-state index contributed by atoms with van der Waals surface area (Å²) in [4.78, 5) is 24.3. The number of methoxy groups -OCH3 is 1. The molecule has 0 aliphatic heterocycles. The van der Waals surface area contributed by atoms with Crippen molar-refractivity contribution in [3.63, 3.8) is 0 Å². The van der Waals surface area contributed by atoms with Crippen molar-refractivity contribution in [2.24, 2.45) is 0 Å². The van der Waals surface area contributed by atoms with Crippen molar-refractivity contribution in [2.45, 2.75) is 6.42 Å². The third-order valence-corrected chi connectivity index (χ3v) is 3.26. The second-order valence-corrected chi connectivity index (χ2v) is 4.49. The number of carbonyl (C=O) groups excluding carboxylic acids is 2. The van der Waals surface area contributed by atoms with E-state index in [1.165, 1.54) is 24.7 Å². The summed E-state index contributed by atoms with van der Waals surface area (Å²) in [5.74, 6) is -0.184. The number of thiophene rings is 1. The first-order valence-corrected chi connectivity index (χ1v) is 5.76. The molecule has 0 spiro atoms. The van der Waals surface area contributed by atoms with E-state index in [1.54, 1.807) is 24.3 Å². The van der Waals surface area contributed by atoms with E-state index >= 15 is 0 Å². The molecule has 2 rings (SSSR count). The molecule has 5 heteroatoms. The zero-order valence-corrected chi connectivity index (χ0v) is 9.95. The van der Waals surface area contributed by atoms with Gasteiger partial charge in [-0.1, -0.05) is 0 Å². The average Bonchev–Trinajstić information content (AvgIpc) is 2.98. The topological polar surface area (TPSA) is 56.5 Å². The van der Waals surface area contributed by atoms with Crippen molar-refractivity contribution in [1.29, 1.82) is 0 Å². The summed E-state index contributed by atoms with van der Waals surface area (Å²) in [6, 6.07) is 6.71. The van der Waals surface area contributed by atoms with Crippen molar-refractivity contribution >= 4 is 23.1 Å². The van der Waals surface area contributed by atoms with Gasteiger partial charge in [-0.05, 0) is 24.3 Å². The quantitative estimate of drug-likeness (QED) is 0.617. The third-order valence-electron chi connectivity index (χ3n) is 2.18. The Morgan fingerprint density at radius 3 is 2.82 bits per heavy atom. The van der Waals surface area contributed by atoms with E-state index in [1.807, 2.05) is 0 Å². The smallest absolute Gasteiger partial charge is 0.310 e. The summed E-state index contributed by atoms with van der Waals surface area (Å²) in [5, 5.41) is 0. The van der Waals surface area contributed by atoms with E-state index in [-0.39, 0.29) is 18.2 Å². The minimum absolute atomic E-state index is 0.170. The van der Waals surface area contributed by atoms with Crippen LogP contribution < -0.4 is 0 Å². The molecule has 2 heterocycles. The van der Waals surface area contributed by atoms with E-state index in [2.05, 4.69) is 4.74 Å². The Kier molecular flexibility index (Phi) is 3.39. The molecule has 0 radical (unpaired) electrons. The molecule has 2 aromatic heterocycles. The van der Waals surface area contributed by atoms with Gasteiger partial charge in [-0.3, -0.25) is 9.59 Å². The van der Waals surface area contributed by atoms with Gasteiger partial charge in [0.15, 0.2) is 5.76 Å². The Morgan fingerprint density at radius 1 is 1.35 bits per heavy atom. The fourth-order valence-electron chi connectivity index (χ4n) is 1.34. The molecule has 0 saturated carbocycles. The molecule has 88 valence electrons. The highest BCUT2D eigenvalue weighted by Crippen LogP contribution is 2.21. The van der Waals surface area contributed by atoms with Crippen LogP contribution in [0.1, 0.15) is 20.3 Å². The van der Waals surface area contributed by atoms with Crippen LogP contribution in [0.4, 0.5) is 0 Å². The van der Waals surface area contributed by atoms with Crippen LogP contribution in [-0.4, -0.2) is 18.9 Å². The first kappa shape index (κ1) is 11.6. The van der Waals surface area contributed by atoms with Gasteiger partial charge in [0.05, 0.1) is 24.7 Å². The summed E-state index contributed by atoms with van der Waals surface area (Å²) in [6.45, 7) is 0. The Hall–Kier alpha value is -1.88. The molecule has 0 N–H and O–H groups in total. The molecule has 4 nitrogen and oxygen atoms in total. The Bertz CT molecular complexity index is 524. The van der Waals surface area contributed by atoms with Crippen LogP contribution in [0, 0.1) is 0 Å². The number of hydrogen-bond donors (Lipinski definition) is 0. The predicted octanol–water partition coefficient (Wildman–Crippen LogP) is 2.29. The predicted molar refractivity (Wildman–Crippen MR) is 62.2 cm³/mol. The fourth-order valence-corrected chi connectivity index (χ4v) is 2.28. The van der Waals surface area contributed by atoms with Gasteiger partial charge in [0, 0.05) is 4.88 Å². The van der Waals surface area contributed by atoms with Crippen molar-refractivity contribution in [1.82, 2.24) is 0 Å². The number of ether oxygens (including phenoxy) is 1. The SMILES string of the molecule is COC(=O)Cc1ccc(C(=O)c2ccco2)s1. The van der Waals surface area contributed by atoms with Crippen LogP contribution in [0.15, 0.2) is 34.9 Å². The van der Waals surface area contributed by atoms with E-state index < -0.39 is 0 Å². The van der Waals surface area contributed by atoms with Crippen molar-refractivity contribution in [2.75, 3.05) is 7.11 Å². The van der Waals surface area contributed by atoms with Crippen LogP contribution in [0.2, 0.25) is 0 Å². The lowest BCUT2D eigenvalue weighted by Gasteiger charge is -1.94. The van der Waals surface area contributed by atoms with E-state index in [0.29, 0.717) is 10.6 Å². The van der Waals surface area contributed by atoms with Gasteiger partial charge >= 0.3 is 5.97 Å². The van der Waals surface area contributed by atoms with Crippen LogP contribution in [0.25, 0.3) is 0 Å². The highest BCUT2D eigenvalue weighted by molar-refractivity contribution is 7.14. The van der Waals surface area contributed by atoms with Crippen LogP contribution in [0.3, 0.4) is 0 Å². The van der Waals surface area contributed by atoms with Gasteiger partial charge in [0.25, 0.3) is 0 Å². The number of esters is 1. The van der Waals surface area contributed by atoms with Gasteiger partial charge in [0.2, 0.25) is 5.78 Å². The summed E-state index contributed by atoms with van der Waals surface area (Å²) >= 11 is 1.27. The highest BCUT2D eigenvalue weighted by Gasteiger charge is 2.15. The molecule has 0 aromatic carbocycles. The van der Waals surface area contributed by atoms with Crippen LogP contribution in [0.5, 0.6) is 0 Å². The zero-order valence-electron chi connectivity index (χ0n) is 9.14. The normalized spacial score (nSPS) is 10.2. The first-order valence-electron chi connectivity index (χ1n) is 4.94. The fraction of sp³-hybridized carbons (Fsp3) is 0.167. The number of ketones is 1. The van der Waals surface area contributed by atoms with Gasteiger partial charge in [0.1, 0.15) is 0 Å². The molecule has 0 aliphatic carbocycles. The molecule has 0 fully saturated rings. The number of furan rings is 1. The highest BCUT2D eigenvalue weighted by atomic mass is 32.1. The van der Waals surface area contributed by atoms with Crippen molar-refractivity contribution in [3.05, 3.63) is 46.0 Å². The standard InChI is InChI=1S/C12H10O4S/c1-15-11(13)7-8-4-5-10(17-8)12(14)9-3-2-6-16-9/h2-6H,7H2,1H3. The van der Waals surface area contributed by atoms with Crippen molar-refractivity contribution < 1.29 is 18.7 Å². The molecule has 0 unspecified atom stereocenters. The number of hydrogen-bond acceptors (Lipinski definition) is 5. The summed E-state index contributed by atoms with van der Waals surface area (Å²) < 4.78 is 9.59. The Labute approximate surface area is 102 Å². The molecular weight excluding hydrogens is 240 g/mol. The largest absolute Gasteiger partial charge is 0.469 e. The molecule has 0 aliphatic rings. The molecule has 0 atom stereocenters. The molecule has 17 heavy (non-hydrogen) atoms. The molecule has 0 bridgehead atoms. The third kappa shape index (κ3) is 2.62. The maximum atomic E-state index is 11.9. The number of carbonyl (C=O) groups is 2. The average molecular weight is 250 g/mol. The maximum absolute atomic E-state index is 11.9. The van der Waals surface area contributed by atoms with Gasteiger partial charge < -0.3 is 9.15 Å². The maximum Gasteiger partial charge on any atom is 0.310 e. The number of rotatable bonds is 4. The summed E-state index contributed by atoms with van der Waals surface area (Å²) in [6.07, 6.45) is 1.64. The summed E-state index contributed by atoms with van der Waals surface area (Å²) in [7, 11) is 1.34. The second-order valence-electron chi connectivity index (χ2n) is 3.33. The van der Waals surface area contributed by atoms with E-state index in [0.717, 1.165) is 4.88 Å². The monoisotopic (exact) mass is 250 g/mol. The van der Waals surface area contributed by atoms with E-state index in [9.17, 15) is 9.59 Å². The lowest BCUT2D eigenvalue weighted by atomic mass is 10.2.